The molecular weight excluding hydrogens is 276 g/mol. The van der Waals surface area contributed by atoms with Gasteiger partial charge in [0.05, 0.1) is 22.0 Å². The molecule has 0 aromatic carbocycles. The molecule has 1 rings (SSSR count). The lowest BCUT2D eigenvalue weighted by molar-refractivity contribution is -0.120. The van der Waals surface area contributed by atoms with Crippen molar-refractivity contribution in [2.75, 3.05) is 5.33 Å². The van der Waals surface area contributed by atoms with Crippen molar-refractivity contribution in [2.45, 2.75) is 6.17 Å². The third-order valence-corrected chi connectivity index (χ3v) is 2.76. The molecule has 2 N–H and O–H groups in total. The second kappa shape index (κ2) is 4.91. The molecule has 0 saturated carbocycles. The minimum atomic E-state index is -1.44. The second-order valence-corrected chi connectivity index (χ2v) is 3.74. The van der Waals surface area contributed by atoms with Gasteiger partial charge in [-0.1, -0.05) is 27.5 Å². The first-order valence-electron chi connectivity index (χ1n) is 3.82. The number of rotatable bonds is 3. The molecule has 0 fully saturated rings. The smallest absolute Gasteiger partial charge is 0.153 e. The van der Waals surface area contributed by atoms with E-state index in [-0.39, 0.29) is 21.8 Å². The van der Waals surface area contributed by atoms with Gasteiger partial charge < -0.3 is 0 Å². The van der Waals surface area contributed by atoms with Crippen LogP contribution in [0.15, 0.2) is 22.9 Å². The largest absolute Gasteiger partial charge is 0.298 e. The molecule has 6 heteroatoms. The van der Waals surface area contributed by atoms with Crippen molar-refractivity contribution in [1.82, 2.24) is 5.48 Å². The normalized spacial score (nSPS) is 26.6. The highest BCUT2D eigenvalue weighted by molar-refractivity contribution is 9.09. The third kappa shape index (κ3) is 2.34. The monoisotopic (exact) mass is 283 g/mol. The molecule has 78 valence electrons. The Labute approximate surface area is 93.7 Å². The summed E-state index contributed by atoms with van der Waals surface area (Å²) >= 11 is 8.55. The lowest BCUT2D eigenvalue weighted by Crippen LogP contribution is -2.28. The number of ketones is 1. The van der Waals surface area contributed by atoms with Gasteiger partial charge in [-0.05, 0) is 12.2 Å². The number of allylic oxidation sites excluding steroid dienone is 3. The predicted molar refractivity (Wildman–Crippen MR) is 54.1 cm³/mol. The molecule has 2 unspecified atom stereocenters. The summed E-state index contributed by atoms with van der Waals surface area (Å²) in [6.45, 7) is 0. The summed E-state index contributed by atoms with van der Waals surface area (Å²) in [6, 6.07) is 0. The van der Waals surface area contributed by atoms with Crippen molar-refractivity contribution in [2.24, 2.45) is 5.92 Å². The fourth-order valence-corrected chi connectivity index (χ4v) is 1.73. The minimum Gasteiger partial charge on any atom is -0.298 e. The molecule has 14 heavy (non-hydrogen) atoms. The van der Waals surface area contributed by atoms with Gasteiger partial charge in [0, 0.05) is 0 Å². The highest BCUT2D eigenvalue weighted by Crippen LogP contribution is 2.27. The van der Waals surface area contributed by atoms with Crippen LogP contribution in [0.5, 0.6) is 0 Å². The number of hydrogen-bond donors (Lipinski definition) is 2. The lowest BCUT2D eigenvalue weighted by atomic mass is 9.94. The zero-order chi connectivity index (χ0) is 10.7. The quantitative estimate of drug-likeness (QED) is 0.615. The van der Waals surface area contributed by atoms with Crippen LogP contribution in [0.1, 0.15) is 0 Å². The van der Waals surface area contributed by atoms with E-state index in [2.05, 4.69) is 15.9 Å². The highest BCUT2D eigenvalue weighted by atomic mass is 79.9. The molecule has 0 aromatic heterocycles. The van der Waals surface area contributed by atoms with Crippen molar-refractivity contribution >= 4 is 33.3 Å². The summed E-state index contributed by atoms with van der Waals surface area (Å²) in [6.07, 6.45) is 0.923. The van der Waals surface area contributed by atoms with E-state index in [0.29, 0.717) is 0 Å². The van der Waals surface area contributed by atoms with Crippen LogP contribution in [-0.2, 0) is 4.79 Å². The molecule has 0 aromatic rings. The molecule has 3 nitrogen and oxygen atoms in total. The molecule has 0 spiro atoms. The summed E-state index contributed by atoms with van der Waals surface area (Å²) in [5, 5.41) is 8.77. The molecule has 0 saturated heterocycles. The average molecular weight is 285 g/mol. The van der Waals surface area contributed by atoms with E-state index in [4.69, 9.17) is 16.8 Å². The Morgan fingerprint density at radius 2 is 2.36 bits per heavy atom. The Morgan fingerprint density at radius 3 is 2.86 bits per heavy atom. The van der Waals surface area contributed by atoms with Crippen molar-refractivity contribution in [3.05, 3.63) is 22.9 Å². The molecule has 0 aliphatic heterocycles. The van der Waals surface area contributed by atoms with E-state index in [9.17, 15) is 9.18 Å². The van der Waals surface area contributed by atoms with Crippen LogP contribution in [-0.4, -0.2) is 22.5 Å². The van der Waals surface area contributed by atoms with Crippen LogP contribution in [0.3, 0.4) is 0 Å². The van der Waals surface area contributed by atoms with Crippen LogP contribution >= 0.6 is 27.5 Å². The van der Waals surface area contributed by atoms with Gasteiger partial charge in [0.25, 0.3) is 0 Å². The van der Waals surface area contributed by atoms with E-state index < -0.39 is 12.1 Å². The summed E-state index contributed by atoms with van der Waals surface area (Å²) in [7, 11) is 0. The fraction of sp³-hybridized carbons (Fsp3) is 0.375. The number of hydrogen-bond acceptors (Lipinski definition) is 3. The van der Waals surface area contributed by atoms with Crippen LogP contribution in [0.2, 0.25) is 0 Å². The predicted octanol–water partition coefficient (Wildman–Crippen LogP) is 1.90. The van der Waals surface area contributed by atoms with Gasteiger partial charge in [-0.2, -0.15) is 0 Å². The van der Waals surface area contributed by atoms with E-state index in [1.165, 1.54) is 6.08 Å². The molecule has 0 bridgehead atoms. The van der Waals surface area contributed by atoms with Gasteiger partial charge in [0.2, 0.25) is 0 Å². The molecule has 2 atom stereocenters. The molecule has 1 aliphatic carbocycles. The molecular formula is C8H8BrClFNO2. The van der Waals surface area contributed by atoms with Crippen molar-refractivity contribution in [3.8, 4) is 0 Å². The third-order valence-electron chi connectivity index (χ3n) is 1.88. The number of carbonyl (C=O) groups is 1. The highest BCUT2D eigenvalue weighted by Gasteiger charge is 2.28. The number of Topliss-reactive ketones (excluding diaryl/α,β-unsaturated/α-hetero) is 1. The Hall–Kier alpha value is -0.390. The molecule has 0 radical (unpaired) electrons. The first-order chi connectivity index (χ1) is 6.60. The van der Waals surface area contributed by atoms with Gasteiger partial charge >= 0.3 is 0 Å². The number of hydroxylamine groups is 1. The van der Waals surface area contributed by atoms with Gasteiger partial charge in [-0.3, -0.25) is 15.5 Å². The Balaban J connectivity index is 2.90. The Bertz CT molecular complexity index is 306. The zero-order valence-electron chi connectivity index (χ0n) is 7.01. The maximum Gasteiger partial charge on any atom is 0.153 e. The Morgan fingerprint density at radius 1 is 1.71 bits per heavy atom. The molecule has 0 amide bonds. The summed E-state index contributed by atoms with van der Waals surface area (Å²) in [4.78, 5) is 11.2. The van der Waals surface area contributed by atoms with E-state index >= 15 is 0 Å². The summed E-state index contributed by atoms with van der Waals surface area (Å²) < 4.78 is 13.3. The van der Waals surface area contributed by atoms with Crippen LogP contribution in [0.4, 0.5) is 4.39 Å². The maximum absolute atomic E-state index is 13.3. The van der Waals surface area contributed by atoms with Crippen molar-refractivity contribution < 1.29 is 14.4 Å². The number of carbonyl (C=O) groups excluding carboxylic acids is 1. The van der Waals surface area contributed by atoms with Gasteiger partial charge in [-0.25, -0.2) is 4.39 Å². The maximum atomic E-state index is 13.3. The molecule has 1 aliphatic rings. The topological polar surface area (TPSA) is 49.3 Å². The first-order valence-corrected chi connectivity index (χ1v) is 5.32. The molecule has 0 heterocycles. The van der Waals surface area contributed by atoms with Crippen LogP contribution in [0, 0.1) is 5.92 Å². The number of alkyl halides is 2. The van der Waals surface area contributed by atoms with Crippen molar-refractivity contribution in [1.29, 1.82) is 0 Å². The van der Waals surface area contributed by atoms with E-state index in [0.717, 1.165) is 6.08 Å². The van der Waals surface area contributed by atoms with Gasteiger partial charge in [-0.15, -0.1) is 0 Å². The van der Waals surface area contributed by atoms with E-state index in [1.54, 1.807) is 0 Å². The zero-order valence-corrected chi connectivity index (χ0v) is 9.35. The second-order valence-electron chi connectivity index (χ2n) is 2.78. The minimum absolute atomic E-state index is 0.0682. The van der Waals surface area contributed by atoms with E-state index in [1.807, 2.05) is 5.48 Å². The first kappa shape index (κ1) is 11.7. The van der Waals surface area contributed by atoms with Gasteiger partial charge in [0.1, 0.15) is 6.17 Å². The number of nitrogens with one attached hydrogen (secondary N) is 1. The van der Waals surface area contributed by atoms with Crippen LogP contribution < -0.4 is 5.48 Å². The Kier molecular flexibility index (Phi) is 4.10. The average Bonchev–Trinajstić information content (AvgIpc) is 2.17. The standard InChI is InChI=1S/C8H8BrClFNO2/c9-3-8(13)4-1-7(12-14)5(10)2-6(4)11/h1-2,4,6,12,14H,3H2. The summed E-state index contributed by atoms with van der Waals surface area (Å²) in [5.41, 5.74) is 1.96. The summed E-state index contributed by atoms with van der Waals surface area (Å²) in [5.74, 6) is -1.20. The SMILES string of the molecule is O=C(CBr)C1C=C(NO)C(Cl)=CC1F. The lowest BCUT2D eigenvalue weighted by Gasteiger charge is -2.19. The van der Waals surface area contributed by atoms with Gasteiger partial charge in [0.15, 0.2) is 5.78 Å². The van der Waals surface area contributed by atoms with Crippen LogP contribution in [0.25, 0.3) is 0 Å². The number of halogens is 3. The van der Waals surface area contributed by atoms with Crippen molar-refractivity contribution in [3.63, 3.8) is 0 Å². The fourth-order valence-electron chi connectivity index (χ4n) is 1.13.